The average Bonchev–Trinajstić information content (AvgIpc) is 2.40. The van der Waals surface area contributed by atoms with Gasteiger partial charge in [0, 0.05) is 32.0 Å². The largest absolute Gasteiger partial charge is 0.370 e. The van der Waals surface area contributed by atoms with Gasteiger partial charge in [0.25, 0.3) is 0 Å². The third-order valence-corrected chi connectivity index (χ3v) is 3.38. The minimum atomic E-state index is 0.699. The molecule has 0 radical (unpaired) electrons. The van der Waals surface area contributed by atoms with E-state index in [4.69, 9.17) is 5.73 Å². The lowest BCUT2D eigenvalue weighted by molar-refractivity contribution is 0.270. The van der Waals surface area contributed by atoms with Gasteiger partial charge in [-0.1, -0.05) is 13.0 Å². The van der Waals surface area contributed by atoms with Crippen molar-refractivity contribution < 1.29 is 0 Å². The first-order valence-corrected chi connectivity index (χ1v) is 6.69. The molecule has 0 aromatic carbocycles. The summed E-state index contributed by atoms with van der Waals surface area (Å²) in [5, 5.41) is 0. The van der Waals surface area contributed by atoms with Crippen molar-refractivity contribution in [1.29, 1.82) is 0 Å². The lowest BCUT2D eigenvalue weighted by atomic mass is 10.0. The monoisotopic (exact) mass is 246 g/mol. The first-order valence-electron chi connectivity index (χ1n) is 6.69. The second-order valence-electron chi connectivity index (χ2n) is 5.04. The van der Waals surface area contributed by atoms with E-state index in [1.165, 1.54) is 18.4 Å². The minimum absolute atomic E-state index is 0.699. The molecule has 0 aliphatic carbocycles. The van der Waals surface area contributed by atoms with Crippen LogP contribution in [0.1, 0.15) is 25.3 Å². The first-order chi connectivity index (χ1) is 8.75. The van der Waals surface area contributed by atoms with Crippen molar-refractivity contribution in [3.8, 4) is 0 Å². The Morgan fingerprint density at radius 3 is 3.22 bits per heavy atom. The van der Waals surface area contributed by atoms with Gasteiger partial charge in [-0.3, -0.25) is 9.98 Å². The molecule has 1 aromatic heterocycles. The molecule has 1 aromatic rings. The quantitative estimate of drug-likeness (QED) is 0.652. The Labute approximate surface area is 109 Å². The van der Waals surface area contributed by atoms with E-state index in [1.54, 1.807) is 6.20 Å². The number of likely N-dealkylation sites (tertiary alicyclic amines) is 1. The highest BCUT2D eigenvalue weighted by Crippen LogP contribution is 2.14. The van der Waals surface area contributed by atoms with Crippen LogP contribution < -0.4 is 5.73 Å². The van der Waals surface area contributed by atoms with Gasteiger partial charge >= 0.3 is 0 Å². The van der Waals surface area contributed by atoms with Crippen LogP contribution in [0.15, 0.2) is 29.5 Å². The molecule has 0 amide bonds. The Morgan fingerprint density at radius 2 is 2.50 bits per heavy atom. The molecular formula is C14H22N4. The maximum absolute atomic E-state index is 6.04. The van der Waals surface area contributed by atoms with Gasteiger partial charge in [-0.05, 0) is 36.8 Å². The van der Waals surface area contributed by atoms with Crippen LogP contribution in [-0.4, -0.2) is 35.5 Å². The van der Waals surface area contributed by atoms with Crippen molar-refractivity contribution in [3.05, 3.63) is 30.1 Å². The molecule has 1 fully saturated rings. The molecule has 0 spiro atoms. The summed E-state index contributed by atoms with van der Waals surface area (Å²) in [7, 11) is 0. The average molecular weight is 246 g/mol. The molecule has 4 heteroatoms. The number of rotatable bonds is 3. The molecule has 0 saturated carbocycles. The van der Waals surface area contributed by atoms with Crippen LogP contribution in [0.3, 0.4) is 0 Å². The first kappa shape index (κ1) is 12.9. The molecule has 1 saturated heterocycles. The second kappa shape index (κ2) is 6.38. The Morgan fingerprint density at radius 1 is 1.61 bits per heavy atom. The summed E-state index contributed by atoms with van der Waals surface area (Å²) in [6.07, 6.45) is 7.10. The van der Waals surface area contributed by atoms with E-state index in [0.717, 1.165) is 32.0 Å². The lowest BCUT2D eigenvalue weighted by Crippen LogP contribution is -2.43. The summed E-state index contributed by atoms with van der Waals surface area (Å²) in [5.74, 6) is 1.43. The summed E-state index contributed by atoms with van der Waals surface area (Å²) in [6.45, 7) is 5.10. The van der Waals surface area contributed by atoms with E-state index >= 15 is 0 Å². The van der Waals surface area contributed by atoms with Gasteiger partial charge in [-0.15, -0.1) is 0 Å². The highest BCUT2D eigenvalue weighted by Gasteiger charge is 2.17. The van der Waals surface area contributed by atoms with Crippen LogP contribution in [0.2, 0.25) is 0 Å². The number of aromatic nitrogens is 1. The van der Waals surface area contributed by atoms with E-state index in [-0.39, 0.29) is 0 Å². The summed E-state index contributed by atoms with van der Waals surface area (Å²) in [6, 6.07) is 4.02. The highest BCUT2D eigenvalue weighted by molar-refractivity contribution is 5.78. The fourth-order valence-corrected chi connectivity index (χ4v) is 2.34. The zero-order valence-electron chi connectivity index (χ0n) is 11.0. The number of guanidine groups is 1. The number of nitrogens with two attached hydrogens (primary N) is 1. The van der Waals surface area contributed by atoms with E-state index < -0.39 is 0 Å². The van der Waals surface area contributed by atoms with Crippen molar-refractivity contribution in [2.75, 3.05) is 19.6 Å². The number of nitrogens with zero attached hydrogens (tertiary/aromatic N) is 3. The Balaban J connectivity index is 1.81. The minimum Gasteiger partial charge on any atom is -0.370 e. The summed E-state index contributed by atoms with van der Waals surface area (Å²) >= 11 is 0. The van der Waals surface area contributed by atoms with Crippen molar-refractivity contribution >= 4 is 5.96 Å². The van der Waals surface area contributed by atoms with Crippen molar-refractivity contribution in [3.63, 3.8) is 0 Å². The van der Waals surface area contributed by atoms with Crippen LogP contribution in [0, 0.1) is 5.92 Å². The lowest BCUT2D eigenvalue weighted by Gasteiger charge is -2.31. The molecular weight excluding hydrogens is 224 g/mol. The van der Waals surface area contributed by atoms with Gasteiger partial charge in [0.05, 0.1) is 0 Å². The molecule has 2 N–H and O–H groups in total. The van der Waals surface area contributed by atoms with Crippen molar-refractivity contribution in [2.45, 2.75) is 26.2 Å². The molecule has 0 bridgehead atoms. The van der Waals surface area contributed by atoms with Crippen LogP contribution in [-0.2, 0) is 6.42 Å². The maximum atomic E-state index is 6.04. The second-order valence-corrected chi connectivity index (χ2v) is 5.04. The number of hydrogen-bond acceptors (Lipinski definition) is 2. The molecule has 1 atom stereocenters. The zero-order chi connectivity index (χ0) is 12.8. The number of aliphatic imine (C=N–C) groups is 1. The van der Waals surface area contributed by atoms with Crippen LogP contribution in [0.5, 0.6) is 0 Å². The number of pyridine rings is 1. The summed E-state index contributed by atoms with van der Waals surface area (Å²) in [4.78, 5) is 10.8. The van der Waals surface area contributed by atoms with Crippen LogP contribution in [0.4, 0.5) is 0 Å². The Hall–Kier alpha value is -1.58. The summed E-state index contributed by atoms with van der Waals surface area (Å²) < 4.78 is 0. The Kier molecular flexibility index (Phi) is 4.56. The topological polar surface area (TPSA) is 54.5 Å². The van der Waals surface area contributed by atoms with Gasteiger partial charge in [0.2, 0.25) is 0 Å². The third kappa shape index (κ3) is 3.72. The van der Waals surface area contributed by atoms with Crippen molar-refractivity contribution in [2.24, 2.45) is 16.6 Å². The molecule has 2 rings (SSSR count). The third-order valence-electron chi connectivity index (χ3n) is 3.38. The van der Waals surface area contributed by atoms with Gasteiger partial charge in [0.1, 0.15) is 0 Å². The fraction of sp³-hybridized carbons (Fsp3) is 0.571. The predicted molar refractivity (Wildman–Crippen MR) is 74.4 cm³/mol. The molecule has 2 heterocycles. The van der Waals surface area contributed by atoms with E-state index in [2.05, 4.69) is 27.9 Å². The highest BCUT2D eigenvalue weighted by atomic mass is 15.3. The molecule has 98 valence electrons. The van der Waals surface area contributed by atoms with E-state index in [0.29, 0.717) is 5.96 Å². The van der Waals surface area contributed by atoms with Crippen LogP contribution >= 0.6 is 0 Å². The van der Waals surface area contributed by atoms with Gasteiger partial charge in [-0.2, -0.15) is 0 Å². The smallest absolute Gasteiger partial charge is 0.191 e. The van der Waals surface area contributed by atoms with E-state index in [1.807, 2.05) is 12.3 Å². The van der Waals surface area contributed by atoms with Gasteiger partial charge < -0.3 is 10.6 Å². The number of piperidine rings is 1. The SMILES string of the molecule is CC1CCCN(C(N)=NCCc2cccnc2)C1. The normalized spacial score (nSPS) is 21.1. The molecule has 1 aliphatic heterocycles. The number of hydrogen-bond donors (Lipinski definition) is 1. The zero-order valence-corrected chi connectivity index (χ0v) is 11.0. The molecule has 1 unspecified atom stereocenters. The fourth-order valence-electron chi connectivity index (χ4n) is 2.34. The van der Waals surface area contributed by atoms with Gasteiger partial charge in [-0.25, -0.2) is 0 Å². The molecule has 1 aliphatic rings. The molecule has 4 nitrogen and oxygen atoms in total. The van der Waals surface area contributed by atoms with E-state index in [9.17, 15) is 0 Å². The van der Waals surface area contributed by atoms with Gasteiger partial charge in [0.15, 0.2) is 5.96 Å². The molecule has 18 heavy (non-hydrogen) atoms. The predicted octanol–water partition coefficient (Wildman–Crippen LogP) is 1.67. The van der Waals surface area contributed by atoms with Crippen molar-refractivity contribution in [1.82, 2.24) is 9.88 Å². The van der Waals surface area contributed by atoms with Crippen LogP contribution in [0.25, 0.3) is 0 Å². The standard InChI is InChI=1S/C14H22N4/c1-12-4-3-9-18(11-12)14(15)17-8-6-13-5-2-7-16-10-13/h2,5,7,10,12H,3-4,6,8-9,11H2,1H3,(H2,15,17). The maximum Gasteiger partial charge on any atom is 0.191 e. The summed E-state index contributed by atoms with van der Waals surface area (Å²) in [5.41, 5.74) is 7.24. The Bertz CT molecular complexity index is 388.